The quantitative estimate of drug-likeness (QED) is 0.706. The van der Waals surface area contributed by atoms with Crippen LogP contribution in [0.3, 0.4) is 0 Å². The topological polar surface area (TPSA) is 79.5 Å². The summed E-state index contributed by atoms with van der Waals surface area (Å²) in [7, 11) is 0. The van der Waals surface area contributed by atoms with Crippen molar-refractivity contribution in [1.82, 2.24) is 14.6 Å². The maximum absolute atomic E-state index is 12.2. The highest BCUT2D eigenvalue weighted by Crippen LogP contribution is 2.25. The van der Waals surface area contributed by atoms with Gasteiger partial charge in [0.1, 0.15) is 5.75 Å². The molecule has 0 saturated carbocycles. The lowest BCUT2D eigenvalue weighted by Crippen LogP contribution is -2.13. The van der Waals surface area contributed by atoms with E-state index in [1.807, 2.05) is 0 Å². The summed E-state index contributed by atoms with van der Waals surface area (Å²) in [5.41, 5.74) is 1.08. The highest BCUT2D eigenvalue weighted by Gasteiger charge is 2.19. The number of phenols is 1. The molecule has 0 fully saturated rings. The monoisotopic (exact) mass is 332 g/mol. The number of nitrogens with one attached hydrogen (secondary N) is 1. The maximum atomic E-state index is 12.2. The molecular weight excluding hydrogens is 324 g/mol. The molecule has 2 aromatic heterocycles. The molecular formula is C13H9BrN4O2. The Labute approximate surface area is 122 Å². The number of carbonyl (C=O) groups excluding carboxylic acids is 1. The van der Waals surface area contributed by atoms with Crippen molar-refractivity contribution < 1.29 is 9.90 Å². The van der Waals surface area contributed by atoms with Crippen LogP contribution < -0.4 is 5.32 Å². The Morgan fingerprint density at radius 2 is 2.10 bits per heavy atom. The molecule has 0 aliphatic heterocycles. The number of halogens is 1. The number of rotatable bonds is 2. The van der Waals surface area contributed by atoms with E-state index in [4.69, 9.17) is 0 Å². The third-order valence-corrected chi connectivity index (χ3v) is 3.44. The summed E-state index contributed by atoms with van der Waals surface area (Å²) in [5, 5.41) is 16.4. The van der Waals surface area contributed by atoms with Crippen LogP contribution in [0.2, 0.25) is 0 Å². The summed E-state index contributed by atoms with van der Waals surface area (Å²) in [6, 6.07) is 8.22. The first-order valence-electron chi connectivity index (χ1n) is 5.75. The molecule has 3 aromatic rings. The van der Waals surface area contributed by atoms with E-state index in [0.29, 0.717) is 15.8 Å². The van der Waals surface area contributed by atoms with Crippen molar-refractivity contribution in [2.45, 2.75) is 0 Å². The van der Waals surface area contributed by atoms with Crippen molar-refractivity contribution in [3.63, 3.8) is 0 Å². The predicted octanol–water partition coefficient (Wildman–Crippen LogP) is 2.45. The van der Waals surface area contributed by atoms with Gasteiger partial charge in [0.15, 0.2) is 11.3 Å². The third-order valence-electron chi connectivity index (χ3n) is 2.71. The zero-order valence-corrected chi connectivity index (χ0v) is 11.7. The zero-order chi connectivity index (χ0) is 14.1. The number of aromatic hydroxyl groups is 1. The van der Waals surface area contributed by atoms with Crippen LogP contribution in [-0.2, 0) is 0 Å². The number of phenolic OH excluding ortho intramolecular Hbond substituents is 1. The van der Waals surface area contributed by atoms with Crippen LogP contribution in [0.1, 0.15) is 10.5 Å². The zero-order valence-electron chi connectivity index (χ0n) is 10.1. The Bertz CT molecular complexity index is 800. The summed E-state index contributed by atoms with van der Waals surface area (Å²) in [6.07, 6.45) is 3.32. The molecule has 20 heavy (non-hydrogen) atoms. The van der Waals surface area contributed by atoms with Gasteiger partial charge in [0.25, 0.3) is 5.91 Å². The van der Waals surface area contributed by atoms with Crippen LogP contribution >= 0.6 is 15.9 Å². The molecule has 0 saturated heterocycles. The number of hydrogen-bond acceptors (Lipinski definition) is 4. The lowest BCUT2D eigenvalue weighted by Gasteiger charge is -2.05. The Morgan fingerprint density at radius 3 is 2.85 bits per heavy atom. The standard InChI is InChI=1S/C13H9BrN4O2/c14-10-11(17-18-7-3-6-15-12(10)18)13(20)16-8-4-1-2-5-9(8)19/h1-7,19H,(H,16,20). The Balaban J connectivity index is 1.97. The SMILES string of the molecule is O=C(Nc1ccccc1O)c1nn2cccnc2c1Br. The van der Waals surface area contributed by atoms with Crippen molar-refractivity contribution >= 4 is 33.2 Å². The van der Waals surface area contributed by atoms with Crippen LogP contribution in [0.25, 0.3) is 5.65 Å². The first-order chi connectivity index (χ1) is 9.66. The summed E-state index contributed by atoms with van der Waals surface area (Å²) in [4.78, 5) is 16.3. The molecule has 0 bridgehead atoms. The minimum absolute atomic E-state index is 0.00105. The second-order valence-corrected chi connectivity index (χ2v) is 4.81. The van der Waals surface area contributed by atoms with E-state index in [-0.39, 0.29) is 11.4 Å². The van der Waals surface area contributed by atoms with Gasteiger partial charge in [-0.3, -0.25) is 4.79 Å². The number of aromatic nitrogens is 3. The molecule has 2 N–H and O–H groups in total. The number of nitrogens with zero attached hydrogens (tertiary/aromatic N) is 3. The van der Waals surface area contributed by atoms with E-state index in [9.17, 15) is 9.90 Å². The molecule has 0 unspecified atom stereocenters. The number of fused-ring (bicyclic) bond motifs is 1. The van der Waals surface area contributed by atoms with Crippen molar-refractivity contribution in [3.8, 4) is 5.75 Å². The third kappa shape index (κ3) is 2.12. The maximum Gasteiger partial charge on any atom is 0.277 e. The smallest absolute Gasteiger partial charge is 0.277 e. The van der Waals surface area contributed by atoms with E-state index in [0.717, 1.165) is 0 Å². The van der Waals surface area contributed by atoms with Gasteiger partial charge in [-0.15, -0.1) is 0 Å². The number of hydrogen-bond donors (Lipinski definition) is 2. The second-order valence-electron chi connectivity index (χ2n) is 4.02. The Kier molecular flexibility index (Phi) is 3.11. The predicted molar refractivity (Wildman–Crippen MR) is 76.7 cm³/mol. The molecule has 7 heteroatoms. The van der Waals surface area contributed by atoms with Crippen LogP contribution in [0.4, 0.5) is 5.69 Å². The lowest BCUT2D eigenvalue weighted by molar-refractivity contribution is 0.102. The fraction of sp³-hybridized carbons (Fsp3) is 0. The van der Waals surface area contributed by atoms with E-state index >= 15 is 0 Å². The molecule has 0 aliphatic carbocycles. The van der Waals surface area contributed by atoms with Crippen LogP contribution in [0.5, 0.6) is 5.75 Å². The molecule has 1 amide bonds. The molecule has 0 atom stereocenters. The van der Waals surface area contributed by atoms with E-state index in [1.54, 1.807) is 36.7 Å². The van der Waals surface area contributed by atoms with Crippen molar-refractivity contribution in [2.75, 3.05) is 5.32 Å². The highest BCUT2D eigenvalue weighted by atomic mass is 79.9. The number of benzene rings is 1. The van der Waals surface area contributed by atoms with Crippen LogP contribution in [0.15, 0.2) is 47.2 Å². The highest BCUT2D eigenvalue weighted by molar-refractivity contribution is 9.10. The Hall–Kier alpha value is -2.41. The molecule has 1 aromatic carbocycles. The van der Waals surface area contributed by atoms with Crippen molar-refractivity contribution in [1.29, 1.82) is 0 Å². The average molecular weight is 333 g/mol. The minimum atomic E-state index is -0.427. The van der Waals surface area contributed by atoms with Gasteiger partial charge < -0.3 is 10.4 Å². The van der Waals surface area contributed by atoms with Gasteiger partial charge in [-0.1, -0.05) is 12.1 Å². The second kappa shape index (κ2) is 4.93. The number of carbonyl (C=O) groups is 1. The normalized spacial score (nSPS) is 10.7. The van der Waals surface area contributed by atoms with Crippen LogP contribution in [0, 0.1) is 0 Å². The first-order valence-corrected chi connectivity index (χ1v) is 6.54. The lowest BCUT2D eigenvalue weighted by atomic mass is 10.3. The van der Waals surface area contributed by atoms with Gasteiger partial charge in [-0.2, -0.15) is 5.10 Å². The van der Waals surface area contributed by atoms with Crippen molar-refractivity contribution in [3.05, 3.63) is 52.9 Å². The summed E-state index contributed by atoms with van der Waals surface area (Å²) >= 11 is 3.32. The molecule has 0 radical (unpaired) electrons. The summed E-state index contributed by atoms with van der Waals surface area (Å²) in [5.74, 6) is -0.428. The molecule has 100 valence electrons. The Morgan fingerprint density at radius 1 is 1.30 bits per heavy atom. The summed E-state index contributed by atoms with van der Waals surface area (Å²) in [6.45, 7) is 0. The van der Waals surface area contributed by atoms with Gasteiger partial charge in [-0.25, -0.2) is 9.50 Å². The first kappa shape index (κ1) is 12.6. The largest absolute Gasteiger partial charge is 0.506 e. The fourth-order valence-electron chi connectivity index (χ4n) is 1.76. The fourth-order valence-corrected chi connectivity index (χ4v) is 2.31. The van der Waals surface area contributed by atoms with E-state index in [2.05, 4.69) is 31.3 Å². The molecule has 0 spiro atoms. The van der Waals surface area contributed by atoms with E-state index < -0.39 is 5.91 Å². The molecule has 2 heterocycles. The molecule has 3 rings (SSSR count). The van der Waals surface area contributed by atoms with Gasteiger partial charge >= 0.3 is 0 Å². The van der Waals surface area contributed by atoms with Gasteiger partial charge in [-0.05, 0) is 34.1 Å². The molecule has 6 nitrogen and oxygen atoms in total. The minimum Gasteiger partial charge on any atom is -0.506 e. The molecule has 0 aliphatic rings. The van der Waals surface area contributed by atoms with Crippen LogP contribution in [-0.4, -0.2) is 25.6 Å². The van der Waals surface area contributed by atoms with Gasteiger partial charge in [0.2, 0.25) is 0 Å². The number of amides is 1. The van der Waals surface area contributed by atoms with E-state index in [1.165, 1.54) is 10.6 Å². The van der Waals surface area contributed by atoms with Crippen molar-refractivity contribution in [2.24, 2.45) is 0 Å². The van der Waals surface area contributed by atoms with Gasteiger partial charge in [0, 0.05) is 12.4 Å². The average Bonchev–Trinajstić information content (AvgIpc) is 2.79. The number of para-hydroxylation sites is 2. The van der Waals surface area contributed by atoms with Gasteiger partial charge in [0.05, 0.1) is 10.2 Å². The number of anilines is 1. The summed E-state index contributed by atoms with van der Waals surface area (Å²) < 4.78 is 2.01.